The van der Waals surface area contributed by atoms with E-state index in [-0.39, 0.29) is 5.56 Å². The monoisotopic (exact) mass is 264 g/mol. The molecule has 0 aliphatic rings. The second kappa shape index (κ2) is 7.02. The molecule has 106 valence electrons. The highest BCUT2D eigenvalue weighted by molar-refractivity contribution is 5.97. The van der Waals surface area contributed by atoms with Crippen LogP contribution >= 0.6 is 0 Å². The molecule has 0 spiro atoms. The summed E-state index contributed by atoms with van der Waals surface area (Å²) in [4.78, 5) is 13.4. The number of aromatic carboxylic acids is 1. The minimum atomic E-state index is -0.973. The summed E-state index contributed by atoms with van der Waals surface area (Å²) >= 11 is 0. The van der Waals surface area contributed by atoms with Crippen LogP contribution in [0, 0.1) is 0 Å². The van der Waals surface area contributed by atoms with Gasteiger partial charge < -0.3 is 15.7 Å². The Labute approximate surface area is 115 Å². The molecule has 1 rings (SSSR count). The van der Waals surface area contributed by atoms with Gasteiger partial charge in [-0.15, -0.1) is 0 Å². The second-order valence-corrected chi connectivity index (χ2v) is 4.85. The maximum absolute atomic E-state index is 11.2. The summed E-state index contributed by atoms with van der Waals surface area (Å²) in [6.45, 7) is 7.31. The Morgan fingerprint density at radius 2 is 2.11 bits per heavy atom. The fraction of sp³-hybridized carbons (Fsp3) is 0.533. The third-order valence-electron chi connectivity index (χ3n) is 3.50. The van der Waals surface area contributed by atoms with Crippen LogP contribution in [0.5, 0.6) is 0 Å². The fourth-order valence-electron chi connectivity index (χ4n) is 2.12. The minimum Gasteiger partial charge on any atom is -0.478 e. The van der Waals surface area contributed by atoms with Gasteiger partial charge in [-0.05, 0) is 31.9 Å². The minimum absolute atomic E-state index is 0.183. The molecule has 0 heterocycles. The van der Waals surface area contributed by atoms with E-state index in [0.29, 0.717) is 11.7 Å². The van der Waals surface area contributed by atoms with Gasteiger partial charge in [-0.1, -0.05) is 26.3 Å². The summed E-state index contributed by atoms with van der Waals surface area (Å²) < 4.78 is 0. The van der Waals surface area contributed by atoms with Gasteiger partial charge >= 0.3 is 5.97 Å². The first-order valence-corrected chi connectivity index (χ1v) is 6.91. The molecule has 0 fully saturated rings. The predicted octanol–water partition coefficient (Wildman–Crippen LogP) is 3.37. The van der Waals surface area contributed by atoms with E-state index in [1.54, 1.807) is 12.1 Å². The van der Waals surface area contributed by atoms with Gasteiger partial charge in [0.05, 0.1) is 16.9 Å². The van der Waals surface area contributed by atoms with E-state index in [0.717, 1.165) is 31.5 Å². The topological polar surface area (TPSA) is 66.6 Å². The van der Waals surface area contributed by atoms with Crippen LogP contribution in [-0.4, -0.2) is 23.7 Å². The average molecular weight is 264 g/mol. The molecule has 1 aromatic carbocycles. The second-order valence-electron chi connectivity index (χ2n) is 4.85. The smallest absolute Gasteiger partial charge is 0.337 e. The zero-order chi connectivity index (χ0) is 14.4. The van der Waals surface area contributed by atoms with Crippen molar-refractivity contribution in [3.8, 4) is 0 Å². The summed E-state index contributed by atoms with van der Waals surface area (Å²) in [6, 6.07) is 5.56. The van der Waals surface area contributed by atoms with Crippen LogP contribution in [0.1, 0.15) is 50.4 Å². The Bertz CT molecular complexity index is 432. The van der Waals surface area contributed by atoms with Gasteiger partial charge in [0.15, 0.2) is 0 Å². The number of para-hydroxylation sites is 1. The number of nitrogen functional groups attached to an aromatic ring is 1. The molecule has 0 aromatic heterocycles. The van der Waals surface area contributed by atoms with E-state index in [9.17, 15) is 4.79 Å². The maximum atomic E-state index is 11.2. The Kier molecular flexibility index (Phi) is 5.67. The zero-order valence-electron chi connectivity index (χ0n) is 12.0. The first-order chi connectivity index (χ1) is 9.02. The molecule has 0 saturated heterocycles. The number of carboxylic acids is 1. The van der Waals surface area contributed by atoms with Crippen molar-refractivity contribution in [1.82, 2.24) is 0 Å². The lowest BCUT2D eigenvalue weighted by atomic mass is 10.1. The van der Waals surface area contributed by atoms with Crippen LogP contribution < -0.4 is 10.6 Å². The number of rotatable bonds is 7. The lowest BCUT2D eigenvalue weighted by Crippen LogP contribution is -2.34. The lowest BCUT2D eigenvalue weighted by molar-refractivity contribution is 0.0698. The number of anilines is 2. The Morgan fingerprint density at radius 3 is 2.63 bits per heavy atom. The molecular weight excluding hydrogens is 240 g/mol. The molecule has 1 aromatic rings. The molecule has 0 aliphatic carbocycles. The standard InChI is InChI=1S/C15H24N2O2/c1-4-6-10-17(11(3)5-2)13-9-7-8-12(14(13)16)15(18)19/h7-9,11H,4-6,10,16H2,1-3H3,(H,18,19). The molecule has 0 bridgehead atoms. The van der Waals surface area contributed by atoms with Gasteiger partial charge in [-0.25, -0.2) is 4.79 Å². The largest absolute Gasteiger partial charge is 0.478 e. The first-order valence-electron chi connectivity index (χ1n) is 6.91. The highest BCUT2D eigenvalue weighted by atomic mass is 16.4. The van der Waals surface area contributed by atoms with Crippen molar-refractivity contribution >= 4 is 17.3 Å². The van der Waals surface area contributed by atoms with E-state index in [4.69, 9.17) is 10.8 Å². The van der Waals surface area contributed by atoms with E-state index in [1.807, 2.05) is 6.07 Å². The molecule has 0 radical (unpaired) electrons. The summed E-state index contributed by atoms with van der Waals surface area (Å²) in [6.07, 6.45) is 3.17. The molecule has 4 heteroatoms. The SMILES string of the molecule is CCCCN(c1cccc(C(=O)O)c1N)C(C)CC. The molecule has 0 amide bonds. The Morgan fingerprint density at radius 1 is 1.42 bits per heavy atom. The Hall–Kier alpha value is -1.71. The molecule has 4 nitrogen and oxygen atoms in total. The fourth-order valence-corrected chi connectivity index (χ4v) is 2.12. The lowest BCUT2D eigenvalue weighted by Gasteiger charge is -2.32. The normalized spacial score (nSPS) is 12.2. The molecule has 3 N–H and O–H groups in total. The molecule has 1 atom stereocenters. The van der Waals surface area contributed by atoms with E-state index in [2.05, 4.69) is 25.7 Å². The number of benzene rings is 1. The number of nitrogens with two attached hydrogens (primary N) is 1. The van der Waals surface area contributed by atoms with Gasteiger partial charge in [-0.3, -0.25) is 0 Å². The maximum Gasteiger partial charge on any atom is 0.337 e. The van der Waals surface area contributed by atoms with Crippen LogP contribution in [0.3, 0.4) is 0 Å². The highest BCUT2D eigenvalue weighted by Crippen LogP contribution is 2.29. The first kappa shape index (κ1) is 15.3. The predicted molar refractivity (Wildman–Crippen MR) is 79.8 cm³/mol. The van der Waals surface area contributed by atoms with Crippen molar-refractivity contribution in [1.29, 1.82) is 0 Å². The summed E-state index contributed by atoms with van der Waals surface area (Å²) in [5.41, 5.74) is 7.41. The van der Waals surface area contributed by atoms with E-state index < -0.39 is 5.97 Å². The third-order valence-corrected chi connectivity index (χ3v) is 3.50. The van der Waals surface area contributed by atoms with Crippen molar-refractivity contribution in [2.75, 3.05) is 17.2 Å². The number of hydrogen-bond donors (Lipinski definition) is 2. The number of unbranched alkanes of at least 4 members (excludes halogenated alkanes) is 1. The average Bonchev–Trinajstić information content (AvgIpc) is 2.39. The molecule has 1 unspecified atom stereocenters. The van der Waals surface area contributed by atoms with Gasteiger partial charge in [-0.2, -0.15) is 0 Å². The van der Waals surface area contributed by atoms with E-state index in [1.165, 1.54) is 0 Å². The Balaban J connectivity index is 3.14. The number of hydrogen-bond acceptors (Lipinski definition) is 3. The van der Waals surface area contributed by atoms with Crippen LogP contribution in [0.2, 0.25) is 0 Å². The summed E-state index contributed by atoms with van der Waals surface area (Å²) in [5, 5.41) is 9.15. The number of nitrogens with zero attached hydrogens (tertiary/aromatic N) is 1. The van der Waals surface area contributed by atoms with Crippen LogP contribution in [0.15, 0.2) is 18.2 Å². The highest BCUT2D eigenvalue weighted by Gasteiger charge is 2.18. The molecule has 0 saturated carbocycles. The van der Waals surface area contributed by atoms with Crippen molar-refractivity contribution in [3.05, 3.63) is 23.8 Å². The third kappa shape index (κ3) is 3.63. The molecule has 19 heavy (non-hydrogen) atoms. The zero-order valence-corrected chi connectivity index (χ0v) is 12.0. The van der Waals surface area contributed by atoms with Crippen molar-refractivity contribution in [3.63, 3.8) is 0 Å². The van der Waals surface area contributed by atoms with Crippen LogP contribution in [-0.2, 0) is 0 Å². The molecular formula is C15H24N2O2. The quantitative estimate of drug-likeness (QED) is 0.741. The van der Waals surface area contributed by atoms with Gasteiger partial charge in [0.1, 0.15) is 0 Å². The van der Waals surface area contributed by atoms with Gasteiger partial charge in [0, 0.05) is 12.6 Å². The number of carboxylic acid groups (broad SMARTS) is 1. The van der Waals surface area contributed by atoms with Crippen LogP contribution in [0.4, 0.5) is 11.4 Å². The number of carbonyl (C=O) groups is 1. The van der Waals surface area contributed by atoms with Gasteiger partial charge in [0.2, 0.25) is 0 Å². The molecule has 0 aliphatic heterocycles. The van der Waals surface area contributed by atoms with E-state index >= 15 is 0 Å². The summed E-state index contributed by atoms with van der Waals surface area (Å²) in [5.74, 6) is -0.973. The van der Waals surface area contributed by atoms with Crippen molar-refractivity contribution in [2.45, 2.75) is 46.1 Å². The van der Waals surface area contributed by atoms with Crippen molar-refractivity contribution in [2.24, 2.45) is 0 Å². The van der Waals surface area contributed by atoms with Crippen LogP contribution in [0.25, 0.3) is 0 Å². The summed E-state index contributed by atoms with van der Waals surface area (Å²) in [7, 11) is 0. The van der Waals surface area contributed by atoms with Crippen molar-refractivity contribution < 1.29 is 9.90 Å². The van der Waals surface area contributed by atoms with Gasteiger partial charge in [0.25, 0.3) is 0 Å².